The van der Waals surface area contributed by atoms with Gasteiger partial charge in [-0.25, -0.2) is 0 Å². The monoisotopic (exact) mass is 465 g/mol. The molecular formula is C24H27N5O3S. The van der Waals surface area contributed by atoms with E-state index in [9.17, 15) is 10.1 Å². The van der Waals surface area contributed by atoms with E-state index in [1.54, 1.807) is 25.4 Å². The number of aromatic nitrogens is 2. The summed E-state index contributed by atoms with van der Waals surface area (Å²) in [5.41, 5.74) is 4.55. The summed E-state index contributed by atoms with van der Waals surface area (Å²) in [6.07, 6.45) is 1.78. The third-order valence-electron chi connectivity index (χ3n) is 6.09. The molecule has 8 nitrogen and oxygen atoms in total. The fourth-order valence-corrected chi connectivity index (χ4v) is 5.13. The first kappa shape index (κ1) is 22.7. The number of aryl methyl sites for hydroxylation is 1. The molecule has 0 aliphatic carbocycles. The van der Waals surface area contributed by atoms with Crippen molar-refractivity contribution in [1.82, 2.24) is 19.8 Å². The van der Waals surface area contributed by atoms with E-state index in [0.717, 1.165) is 22.6 Å². The van der Waals surface area contributed by atoms with Gasteiger partial charge < -0.3 is 19.5 Å². The van der Waals surface area contributed by atoms with Crippen molar-refractivity contribution in [2.45, 2.75) is 45.8 Å². The number of methoxy groups -OCH3 is 1. The minimum atomic E-state index is -0.394. The Morgan fingerprint density at radius 2 is 1.97 bits per heavy atom. The summed E-state index contributed by atoms with van der Waals surface area (Å²) in [7, 11) is 1.57. The number of nitrogens with zero attached hydrogens (tertiary/aromatic N) is 4. The summed E-state index contributed by atoms with van der Waals surface area (Å²) in [6, 6.07) is 12.6. The second-order valence-electron chi connectivity index (χ2n) is 8.40. The van der Waals surface area contributed by atoms with Crippen LogP contribution in [0.2, 0.25) is 0 Å². The lowest BCUT2D eigenvalue weighted by atomic mass is 9.96. The number of nitro benzene ring substituents is 1. The highest BCUT2D eigenvalue weighted by molar-refractivity contribution is 7.80. The zero-order chi connectivity index (χ0) is 23.9. The first-order valence-electron chi connectivity index (χ1n) is 10.8. The maximum absolute atomic E-state index is 11.4. The first-order chi connectivity index (χ1) is 15.7. The molecular weight excluding hydrogens is 438 g/mol. The topological polar surface area (TPSA) is 85.5 Å². The Kier molecular flexibility index (Phi) is 6.07. The van der Waals surface area contributed by atoms with E-state index in [2.05, 4.69) is 35.1 Å². The van der Waals surface area contributed by atoms with Crippen LogP contribution in [0.5, 0.6) is 5.75 Å². The average molecular weight is 466 g/mol. The van der Waals surface area contributed by atoms with Crippen LogP contribution in [-0.4, -0.2) is 37.6 Å². The minimum Gasteiger partial charge on any atom is -0.495 e. The van der Waals surface area contributed by atoms with Crippen LogP contribution >= 0.6 is 12.2 Å². The van der Waals surface area contributed by atoms with Crippen LogP contribution in [-0.2, 0) is 0 Å². The summed E-state index contributed by atoms with van der Waals surface area (Å²) in [5.74, 6) is 0.566. The molecule has 2 atom stereocenters. The molecule has 0 unspecified atom stereocenters. The van der Waals surface area contributed by atoms with Crippen molar-refractivity contribution in [3.63, 3.8) is 0 Å². The molecule has 3 aromatic rings. The van der Waals surface area contributed by atoms with Gasteiger partial charge in [0.05, 0.1) is 35.5 Å². The number of non-ortho nitro benzene ring substituents is 1. The van der Waals surface area contributed by atoms with Crippen LogP contribution in [0.15, 0.2) is 48.7 Å². The quantitative estimate of drug-likeness (QED) is 0.318. The summed E-state index contributed by atoms with van der Waals surface area (Å²) < 4.78 is 7.56. The number of pyridine rings is 1. The lowest BCUT2D eigenvalue weighted by molar-refractivity contribution is -0.384. The minimum absolute atomic E-state index is 0.0127. The summed E-state index contributed by atoms with van der Waals surface area (Å²) in [4.78, 5) is 17.8. The molecule has 0 spiro atoms. The molecule has 1 fully saturated rings. The molecule has 0 amide bonds. The Labute approximate surface area is 198 Å². The number of hydrogen-bond donors (Lipinski definition) is 1. The highest BCUT2D eigenvalue weighted by Gasteiger charge is 2.42. The van der Waals surface area contributed by atoms with Crippen molar-refractivity contribution < 1.29 is 9.66 Å². The summed E-state index contributed by atoms with van der Waals surface area (Å²) in [6.45, 7) is 8.25. The van der Waals surface area contributed by atoms with Crippen molar-refractivity contribution >= 4 is 23.0 Å². The second kappa shape index (κ2) is 8.82. The van der Waals surface area contributed by atoms with Gasteiger partial charge in [-0.3, -0.25) is 15.1 Å². The zero-order valence-corrected chi connectivity index (χ0v) is 20.1. The lowest BCUT2D eigenvalue weighted by Gasteiger charge is -2.31. The second-order valence-corrected chi connectivity index (χ2v) is 8.79. The van der Waals surface area contributed by atoms with Crippen LogP contribution < -0.4 is 10.1 Å². The van der Waals surface area contributed by atoms with Crippen molar-refractivity contribution in [2.24, 2.45) is 0 Å². The van der Waals surface area contributed by atoms with E-state index >= 15 is 0 Å². The zero-order valence-electron chi connectivity index (χ0n) is 19.3. The Morgan fingerprint density at radius 3 is 2.58 bits per heavy atom. The van der Waals surface area contributed by atoms with Gasteiger partial charge in [0, 0.05) is 35.8 Å². The van der Waals surface area contributed by atoms with Gasteiger partial charge in [-0.1, -0.05) is 6.07 Å². The summed E-state index contributed by atoms with van der Waals surface area (Å²) in [5, 5.41) is 15.6. The standard InChI is InChI=1S/C24H27N5O3S/c1-14(2)27-23(22(26-24(27)33)19-8-6-7-11-25-19)18-12-15(3)28(16(18)4)20-13-17(29(30)31)9-10-21(20)32-5/h6-14,22-23H,1-5H3,(H,26,33)/t22-,23+/m1/s1. The fraction of sp³-hybridized carbons (Fsp3) is 0.333. The van der Waals surface area contributed by atoms with E-state index in [4.69, 9.17) is 17.0 Å². The van der Waals surface area contributed by atoms with Gasteiger partial charge in [0.1, 0.15) is 5.75 Å². The van der Waals surface area contributed by atoms with Gasteiger partial charge in [-0.15, -0.1) is 0 Å². The average Bonchev–Trinajstić information content (AvgIpc) is 3.29. The van der Waals surface area contributed by atoms with Crippen LogP contribution in [0, 0.1) is 24.0 Å². The Morgan fingerprint density at radius 1 is 1.21 bits per heavy atom. The normalized spacial score (nSPS) is 18.0. The molecule has 33 heavy (non-hydrogen) atoms. The molecule has 1 saturated heterocycles. The van der Waals surface area contributed by atoms with E-state index in [1.165, 1.54) is 6.07 Å². The van der Waals surface area contributed by atoms with Crippen molar-refractivity contribution in [1.29, 1.82) is 0 Å². The predicted molar refractivity (Wildman–Crippen MR) is 131 cm³/mol. The Balaban J connectivity index is 1.90. The molecule has 0 saturated carbocycles. The van der Waals surface area contributed by atoms with Crippen LogP contribution in [0.25, 0.3) is 5.69 Å². The van der Waals surface area contributed by atoms with Crippen LogP contribution in [0.3, 0.4) is 0 Å². The molecule has 1 aliphatic heterocycles. The van der Waals surface area contributed by atoms with Gasteiger partial charge in [0.25, 0.3) is 5.69 Å². The molecule has 1 aromatic carbocycles. The third-order valence-corrected chi connectivity index (χ3v) is 6.42. The highest BCUT2D eigenvalue weighted by Crippen LogP contribution is 2.43. The maximum Gasteiger partial charge on any atom is 0.271 e. The van der Waals surface area contributed by atoms with E-state index < -0.39 is 4.92 Å². The van der Waals surface area contributed by atoms with Crippen molar-refractivity contribution in [3.8, 4) is 11.4 Å². The number of nitro groups is 1. The molecule has 2 aromatic heterocycles. The molecule has 9 heteroatoms. The van der Waals surface area contributed by atoms with Gasteiger partial charge in [0.2, 0.25) is 0 Å². The molecule has 0 bridgehead atoms. The number of rotatable bonds is 6. The molecule has 3 heterocycles. The number of hydrogen-bond acceptors (Lipinski definition) is 5. The van der Waals surface area contributed by atoms with E-state index in [0.29, 0.717) is 16.5 Å². The fourth-order valence-electron chi connectivity index (χ4n) is 4.68. The van der Waals surface area contributed by atoms with Gasteiger partial charge in [0.15, 0.2) is 5.11 Å². The lowest BCUT2D eigenvalue weighted by Crippen LogP contribution is -2.35. The van der Waals surface area contributed by atoms with Crippen LogP contribution in [0.4, 0.5) is 5.69 Å². The molecule has 1 N–H and O–H groups in total. The highest BCUT2D eigenvalue weighted by atomic mass is 32.1. The van der Waals surface area contributed by atoms with Gasteiger partial charge in [-0.05, 0) is 69.7 Å². The van der Waals surface area contributed by atoms with Gasteiger partial charge in [-0.2, -0.15) is 0 Å². The number of nitrogens with one attached hydrogen (secondary N) is 1. The van der Waals surface area contributed by atoms with Gasteiger partial charge >= 0.3 is 0 Å². The van der Waals surface area contributed by atoms with Crippen molar-refractivity contribution in [2.75, 3.05) is 7.11 Å². The van der Waals surface area contributed by atoms with E-state index in [-0.39, 0.29) is 23.8 Å². The number of benzene rings is 1. The third kappa shape index (κ3) is 3.93. The largest absolute Gasteiger partial charge is 0.495 e. The van der Waals surface area contributed by atoms with Crippen molar-refractivity contribution in [3.05, 3.63) is 81.4 Å². The molecule has 1 aliphatic rings. The Hall–Kier alpha value is -3.46. The molecule has 0 radical (unpaired) electrons. The summed E-state index contributed by atoms with van der Waals surface area (Å²) >= 11 is 5.72. The van der Waals surface area contributed by atoms with E-state index in [1.807, 2.05) is 36.6 Å². The number of ether oxygens (including phenoxy) is 1. The maximum atomic E-state index is 11.4. The van der Waals surface area contributed by atoms with Crippen LogP contribution in [0.1, 0.15) is 48.6 Å². The smallest absolute Gasteiger partial charge is 0.271 e. The molecule has 172 valence electrons. The molecule has 4 rings (SSSR count). The predicted octanol–water partition coefficient (Wildman–Crippen LogP) is 4.79. The Bertz CT molecular complexity index is 1210. The SMILES string of the molecule is COc1ccc([N+](=O)[O-])cc1-n1c(C)cc([C@H]2[C@@H](c3ccccn3)NC(=S)N2C(C)C)c1C. The number of thiocarbonyl (C=S) groups is 1. The first-order valence-corrected chi connectivity index (χ1v) is 11.2.